The van der Waals surface area contributed by atoms with Crippen molar-refractivity contribution in [3.8, 4) is 5.75 Å². The lowest BCUT2D eigenvalue weighted by Gasteiger charge is -2.16. The topological polar surface area (TPSA) is 59.6 Å². The molecule has 2 rings (SSSR count). The number of hydrogen-bond acceptors (Lipinski definition) is 3. The summed E-state index contributed by atoms with van der Waals surface area (Å²) in [6, 6.07) is 5.71. The molecule has 0 saturated carbocycles. The normalized spacial score (nSPS) is 19.0. The van der Waals surface area contributed by atoms with Crippen molar-refractivity contribution < 1.29 is 18.7 Å². The Balaban J connectivity index is 1.63. The van der Waals surface area contributed by atoms with Crippen LogP contribution in [-0.4, -0.2) is 38.4 Å². The first-order valence-electron chi connectivity index (χ1n) is 7.15. The molecule has 2 amide bonds. The van der Waals surface area contributed by atoms with Crippen LogP contribution in [-0.2, 0) is 4.74 Å². The molecule has 1 aromatic carbocycles. The van der Waals surface area contributed by atoms with Crippen molar-refractivity contribution in [3.05, 3.63) is 30.1 Å². The number of halogens is 1. The third-order valence-corrected chi connectivity index (χ3v) is 3.26. The molecule has 1 saturated heterocycles. The van der Waals surface area contributed by atoms with Crippen molar-refractivity contribution in [1.29, 1.82) is 0 Å². The molecule has 0 bridgehead atoms. The van der Waals surface area contributed by atoms with E-state index in [4.69, 9.17) is 9.47 Å². The first-order valence-corrected chi connectivity index (χ1v) is 7.15. The molecule has 0 aliphatic carbocycles. The summed E-state index contributed by atoms with van der Waals surface area (Å²) >= 11 is 0. The van der Waals surface area contributed by atoms with Crippen LogP contribution >= 0.6 is 0 Å². The predicted molar refractivity (Wildman–Crippen MR) is 76.8 cm³/mol. The van der Waals surface area contributed by atoms with Crippen LogP contribution in [0.5, 0.6) is 5.75 Å². The van der Waals surface area contributed by atoms with E-state index in [9.17, 15) is 9.18 Å². The van der Waals surface area contributed by atoms with Crippen LogP contribution in [0.2, 0.25) is 0 Å². The van der Waals surface area contributed by atoms with Crippen LogP contribution in [0.25, 0.3) is 0 Å². The summed E-state index contributed by atoms with van der Waals surface area (Å²) in [5.74, 6) is 0.508. The Bertz CT molecular complexity index is 464. The summed E-state index contributed by atoms with van der Waals surface area (Å²) in [7, 11) is 0. The predicted octanol–water partition coefficient (Wildman–Crippen LogP) is 1.93. The summed E-state index contributed by atoms with van der Waals surface area (Å²) in [4.78, 5) is 11.6. The van der Waals surface area contributed by atoms with Crippen LogP contribution in [0.15, 0.2) is 24.3 Å². The van der Waals surface area contributed by atoms with E-state index in [0.29, 0.717) is 31.4 Å². The first-order chi connectivity index (χ1) is 10.1. The van der Waals surface area contributed by atoms with E-state index in [2.05, 4.69) is 10.6 Å². The number of rotatable bonds is 6. The van der Waals surface area contributed by atoms with Gasteiger partial charge in [0.05, 0.1) is 13.2 Å². The van der Waals surface area contributed by atoms with E-state index in [1.54, 1.807) is 12.1 Å². The van der Waals surface area contributed by atoms with Gasteiger partial charge in [-0.15, -0.1) is 0 Å². The minimum absolute atomic E-state index is 0.225. The van der Waals surface area contributed by atoms with Gasteiger partial charge in [0.15, 0.2) is 0 Å². The Morgan fingerprint density at radius 2 is 2.38 bits per heavy atom. The van der Waals surface area contributed by atoms with Crippen molar-refractivity contribution in [2.75, 3.05) is 26.3 Å². The molecule has 5 nitrogen and oxygen atoms in total. The second-order valence-corrected chi connectivity index (χ2v) is 5.21. The van der Waals surface area contributed by atoms with Gasteiger partial charge in [0.2, 0.25) is 0 Å². The molecule has 1 aliphatic rings. The fourth-order valence-electron chi connectivity index (χ4n) is 2.09. The zero-order valence-electron chi connectivity index (χ0n) is 12.1. The van der Waals surface area contributed by atoms with Crippen molar-refractivity contribution in [3.63, 3.8) is 0 Å². The maximum atomic E-state index is 13.0. The summed E-state index contributed by atoms with van der Waals surface area (Å²) in [6.45, 7) is 4.26. The summed E-state index contributed by atoms with van der Waals surface area (Å²) < 4.78 is 23.8. The Labute approximate surface area is 123 Å². The van der Waals surface area contributed by atoms with Crippen molar-refractivity contribution in [2.24, 2.45) is 5.92 Å². The standard InChI is InChI=1S/C15H21FN2O3/c1-11(21-14-4-2-3-13(16)7-14)8-17-15(19)18-9-12-5-6-20-10-12/h2-4,7,11-12H,5-6,8-10H2,1H3,(H2,17,18,19)/t11-,12-/m0/s1. The summed E-state index contributed by atoms with van der Waals surface area (Å²) in [5.41, 5.74) is 0. The molecule has 2 atom stereocenters. The number of amides is 2. The van der Waals surface area contributed by atoms with Gasteiger partial charge in [-0.3, -0.25) is 0 Å². The second kappa shape index (κ2) is 7.83. The highest BCUT2D eigenvalue weighted by Gasteiger charge is 2.16. The molecular formula is C15H21FN2O3. The average Bonchev–Trinajstić information content (AvgIpc) is 2.96. The minimum Gasteiger partial charge on any atom is -0.489 e. The molecule has 21 heavy (non-hydrogen) atoms. The summed E-state index contributed by atoms with van der Waals surface area (Å²) in [6.07, 6.45) is 0.742. The van der Waals surface area contributed by atoms with Crippen LogP contribution in [0.3, 0.4) is 0 Å². The fourth-order valence-corrected chi connectivity index (χ4v) is 2.09. The molecule has 0 radical (unpaired) electrons. The Morgan fingerprint density at radius 3 is 3.10 bits per heavy atom. The average molecular weight is 296 g/mol. The number of nitrogens with one attached hydrogen (secondary N) is 2. The Hall–Kier alpha value is -1.82. The van der Waals surface area contributed by atoms with E-state index in [1.807, 2.05) is 6.92 Å². The highest BCUT2D eigenvalue weighted by Crippen LogP contribution is 2.13. The number of hydrogen-bond donors (Lipinski definition) is 2. The minimum atomic E-state index is -0.343. The lowest BCUT2D eigenvalue weighted by molar-refractivity contribution is 0.184. The molecule has 0 aromatic heterocycles. The Kier molecular flexibility index (Phi) is 5.80. The van der Waals surface area contributed by atoms with Gasteiger partial charge < -0.3 is 20.1 Å². The fraction of sp³-hybridized carbons (Fsp3) is 0.533. The van der Waals surface area contributed by atoms with Gasteiger partial charge in [-0.25, -0.2) is 9.18 Å². The lowest BCUT2D eigenvalue weighted by Crippen LogP contribution is -2.42. The molecular weight excluding hydrogens is 275 g/mol. The van der Waals surface area contributed by atoms with Crippen LogP contribution in [0.1, 0.15) is 13.3 Å². The van der Waals surface area contributed by atoms with Crippen molar-refractivity contribution in [1.82, 2.24) is 10.6 Å². The molecule has 0 spiro atoms. The highest BCUT2D eigenvalue weighted by molar-refractivity contribution is 5.73. The maximum absolute atomic E-state index is 13.0. The molecule has 6 heteroatoms. The highest BCUT2D eigenvalue weighted by atomic mass is 19.1. The van der Waals surface area contributed by atoms with E-state index in [0.717, 1.165) is 13.0 Å². The van der Waals surface area contributed by atoms with Crippen molar-refractivity contribution >= 4 is 6.03 Å². The van der Waals surface area contributed by atoms with Crippen LogP contribution in [0, 0.1) is 11.7 Å². The molecule has 0 unspecified atom stereocenters. The number of ether oxygens (including phenoxy) is 2. The van der Waals surface area contributed by atoms with E-state index in [1.165, 1.54) is 12.1 Å². The molecule has 1 aromatic rings. The van der Waals surface area contributed by atoms with Gasteiger partial charge in [-0.05, 0) is 25.5 Å². The second-order valence-electron chi connectivity index (χ2n) is 5.21. The smallest absolute Gasteiger partial charge is 0.314 e. The van der Waals surface area contributed by atoms with E-state index < -0.39 is 0 Å². The molecule has 1 heterocycles. The van der Waals surface area contributed by atoms with Gasteiger partial charge in [0.1, 0.15) is 17.7 Å². The maximum Gasteiger partial charge on any atom is 0.314 e. The number of benzene rings is 1. The number of carbonyl (C=O) groups excluding carboxylic acids is 1. The number of carbonyl (C=O) groups is 1. The number of urea groups is 1. The zero-order valence-corrected chi connectivity index (χ0v) is 12.1. The van der Waals surface area contributed by atoms with E-state index >= 15 is 0 Å². The van der Waals surface area contributed by atoms with Gasteiger partial charge in [-0.2, -0.15) is 0 Å². The third-order valence-electron chi connectivity index (χ3n) is 3.26. The van der Waals surface area contributed by atoms with Gasteiger partial charge in [0, 0.05) is 25.1 Å². The van der Waals surface area contributed by atoms with E-state index in [-0.39, 0.29) is 18.0 Å². The largest absolute Gasteiger partial charge is 0.489 e. The molecule has 116 valence electrons. The first kappa shape index (κ1) is 15.6. The van der Waals surface area contributed by atoms with Gasteiger partial charge in [-0.1, -0.05) is 6.07 Å². The van der Waals surface area contributed by atoms with Crippen LogP contribution in [0.4, 0.5) is 9.18 Å². The molecule has 2 N–H and O–H groups in total. The monoisotopic (exact) mass is 296 g/mol. The lowest BCUT2D eigenvalue weighted by atomic mass is 10.1. The van der Waals surface area contributed by atoms with Crippen molar-refractivity contribution in [2.45, 2.75) is 19.4 Å². The molecule has 1 fully saturated rings. The van der Waals surface area contributed by atoms with Crippen LogP contribution < -0.4 is 15.4 Å². The summed E-state index contributed by atoms with van der Waals surface area (Å²) in [5, 5.41) is 5.54. The SMILES string of the molecule is C[C@@H](CNC(=O)NC[C@@H]1CCOC1)Oc1cccc(F)c1. The van der Waals surface area contributed by atoms with Gasteiger partial charge in [0.25, 0.3) is 0 Å². The van der Waals surface area contributed by atoms with Gasteiger partial charge >= 0.3 is 6.03 Å². The Morgan fingerprint density at radius 1 is 1.52 bits per heavy atom. The third kappa shape index (κ3) is 5.59. The molecule has 1 aliphatic heterocycles. The quantitative estimate of drug-likeness (QED) is 0.843. The zero-order chi connectivity index (χ0) is 15.1.